The Morgan fingerprint density at radius 1 is 1.45 bits per heavy atom. The zero-order chi connectivity index (χ0) is 14.9. The van der Waals surface area contributed by atoms with E-state index < -0.39 is 10.8 Å². The van der Waals surface area contributed by atoms with Crippen molar-refractivity contribution in [2.24, 2.45) is 4.99 Å². The third-order valence-electron chi connectivity index (χ3n) is 2.73. The van der Waals surface area contributed by atoms with E-state index in [1.54, 1.807) is 7.05 Å². The van der Waals surface area contributed by atoms with Gasteiger partial charge in [0, 0.05) is 48.5 Å². The van der Waals surface area contributed by atoms with Crippen molar-refractivity contribution >= 4 is 40.7 Å². The highest BCUT2D eigenvalue weighted by atomic mass is 127. The number of allylic oxidation sites excluding steroid dienone is 1. The van der Waals surface area contributed by atoms with Gasteiger partial charge in [-0.05, 0) is 33.6 Å². The van der Waals surface area contributed by atoms with Crippen molar-refractivity contribution in [3.63, 3.8) is 0 Å². The number of rotatable bonds is 7. The number of nitrogens with one attached hydrogen (secondary N) is 1. The molecule has 1 atom stereocenters. The zero-order valence-electron chi connectivity index (χ0n) is 13.4. The van der Waals surface area contributed by atoms with Gasteiger partial charge in [-0.1, -0.05) is 6.08 Å². The van der Waals surface area contributed by atoms with Crippen molar-refractivity contribution in [2.45, 2.75) is 38.4 Å². The Morgan fingerprint density at radius 2 is 2.05 bits per heavy atom. The summed E-state index contributed by atoms with van der Waals surface area (Å²) in [5.74, 6) is 1.50. The topological polar surface area (TPSA) is 44.7 Å². The van der Waals surface area contributed by atoms with Crippen molar-refractivity contribution in [2.75, 3.05) is 32.9 Å². The highest BCUT2D eigenvalue weighted by molar-refractivity contribution is 14.0. The SMILES string of the molecule is C=CCCCN(C)C(=NC)NCCS(=O)C(C)(C)C.I. The molecule has 1 unspecified atom stereocenters. The van der Waals surface area contributed by atoms with Gasteiger partial charge in [-0.15, -0.1) is 30.6 Å². The number of hydrogen-bond acceptors (Lipinski definition) is 2. The van der Waals surface area contributed by atoms with Gasteiger partial charge >= 0.3 is 0 Å². The Balaban J connectivity index is 0. The lowest BCUT2D eigenvalue weighted by Gasteiger charge is -2.23. The summed E-state index contributed by atoms with van der Waals surface area (Å²) in [7, 11) is 2.96. The fraction of sp³-hybridized carbons (Fsp3) is 0.786. The summed E-state index contributed by atoms with van der Waals surface area (Å²) < 4.78 is 11.8. The largest absolute Gasteiger partial charge is 0.355 e. The third kappa shape index (κ3) is 9.74. The van der Waals surface area contributed by atoms with Gasteiger partial charge in [0.2, 0.25) is 0 Å². The van der Waals surface area contributed by atoms with Crippen molar-refractivity contribution in [1.82, 2.24) is 10.2 Å². The lowest BCUT2D eigenvalue weighted by molar-refractivity contribution is 0.472. The average molecular weight is 415 g/mol. The third-order valence-corrected chi connectivity index (χ3v) is 4.67. The molecule has 0 amide bonds. The minimum absolute atomic E-state index is 0. The van der Waals surface area contributed by atoms with Crippen molar-refractivity contribution < 1.29 is 4.21 Å². The van der Waals surface area contributed by atoms with Gasteiger partial charge in [0.05, 0.1) is 0 Å². The van der Waals surface area contributed by atoms with Crippen LogP contribution in [0.1, 0.15) is 33.6 Å². The van der Waals surface area contributed by atoms with Gasteiger partial charge in [-0.2, -0.15) is 0 Å². The summed E-state index contributed by atoms with van der Waals surface area (Å²) in [6.45, 7) is 11.3. The van der Waals surface area contributed by atoms with E-state index in [0.717, 1.165) is 25.3 Å². The minimum atomic E-state index is -0.825. The van der Waals surface area contributed by atoms with Gasteiger partial charge in [0.25, 0.3) is 0 Å². The second-order valence-electron chi connectivity index (χ2n) is 5.49. The molecule has 0 radical (unpaired) electrons. The number of unbranched alkanes of at least 4 members (excludes halogenated alkanes) is 1. The normalized spacial score (nSPS) is 13.3. The maximum Gasteiger partial charge on any atom is 0.193 e. The molecule has 1 N–H and O–H groups in total. The van der Waals surface area contributed by atoms with Crippen LogP contribution in [0.3, 0.4) is 0 Å². The lowest BCUT2D eigenvalue weighted by Crippen LogP contribution is -2.41. The van der Waals surface area contributed by atoms with Crippen LogP contribution in [-0.4, -0.2) is 52.8 Å². The van der Waals surface area contributed by atoms with Crippen LogP contribution in [-0.2, 0) is 10.8 Å². The fourth-order valence-corrected chi connectivity index (χ4v) is 2.42. The summed E-state index contributed by atoms with van der Waals surface area (Å²) in [6.07, 6.45) is 4.00. The molecule has 120 valence electrons. The average Bonchev–Trinajstić information content (AvgIpc) is 2.33. The molecular weight excluding hydrogens is 385 g/mol. The van der Waals surface area contributed by atoms with Crippen LogP contribution in [0, 0.1) is 0 Å². The zero-order valence-corrected chi connectivity index (χ0v) is 16.6. The first-order valence-corrected chi connectivity index (χ1v) is 8.06. The van der Waals surface area contributed by atoms with Crippen LogP contribution in [0.4, 0.5) is 0 Å². The molecule has 0 bridgehead atoms. The standard InChI is InChI=1S/C14H29N3OS.HI/c1-7-8-9-11-17(6)13(15-5)16-10-12-19(18)14(2,3)4;/h7H,1,8-12H2,2-6H3,(H,15,16);1H. The van der Waals surface area contributed by atoms with Crippen LogP contribution >= 0.6 is 24.0 Å². The summed E-state index contributed by atoms with van der Waals surface area (Å²) in [6, 6.07) is 0. The van der Waals surface area contributed by atoms with Gasteiger partial charge in [0.15, 0.2) is 5.96 Å². The van der Waals surface area contributed by atoms with E-state index in [9.17, 15) is 4.21 Å². The first kappa shape index (κ1) is 22.2. The number of aliphatic imine (C=N–C) groups is 1. The van der Waals surface area contributed by atoms with Gasteiger partial charge in [-0.3, -0.25) is 9.20 Å². The van der Waals surface area contributed by atoms with E-state index in [4.69, 9.17) is 0 Å². The molecule has 0 heterocycles. The molecule has 0 saturated carbocycles. The van der Waals surface area contributed by atoms with Crippen LogP contribution in [0.15, 0.2) is 17.6 Å². The van der Waals surface area contributed by atoms with E-state index in [2.05, 4.69) is 21.8 Å². The maximum absolute atomic E-state index is 11.9. The Bertz CT molecular complexity index is 327. The molecule has 0 aliphatic rings. The summed E-state index contributed by atoms with van der Waals surface area (Å²) in [5.41, 5.74) is 0. The molecule has 0 spiro atoms. The molecule has 0 aromatic rings. The van der Waals surface area contributed by atoms with E-state index in [0.29, 0.717) is 12.3 Å². The Hall–Kier alpha value is -0.110. The van der Waals surface area contributed by atoms with E-state index in [1.165, 1.54) is 0 Å². The predicted molar refractivity (Wildman–Crippen MR) is 102 cm³/mol. The van der Waals surface area contributed by atoms with E-state index in [1.807, 2.05) is 33.9 Å². The molecule has 0 rings (SSSR count). The van der Waals surface area contributed by atoms with Crippen molar-refractivity contribution in [3.8, 4) is 0 Å². The molecule has 0 aliphatic carbocycles. The first-order chi connectivity index (χ1) is 8.82. The molecule has 6 heteroatoms. The molecule has 0 fully saturated rings. The van der Waals surface area contributed by atoms with E-state index >= 15 is 0 Å². The minimum Gasteiger partial charge on any atom is -0.355 e. The highest BCUT2D eigenvalue weighted by Crippen LogP contribution is 2.10. The van der Waals surface area contributed by atoms with Crippen molar-refractivity contribution in [1.29, 1.82) is 0 Å². The smallest absolute Gasteiger partial charge is 0.193 e. The Morgan fingerprint density at radius 3 is 2.50 bits per heavy atom. The quantitative estimate of drug-likeness (QED) is 0.229. The fourth-order valence-electron chi connectivity index (χ4n) is 1.53. The van der Waals surface area contributed by atoms with Crippen LogP contribution in [0.5, 0.6) is 0 Å². The predicted octanol–water partition coefficient (Wildman–Crippen LogP) is 2.63. The summed E-state index contributed by atoms with van der Waals surface area (Å²) in [4.78, 5) is 6.32. The van der Waals surface area contributed by atoms with Gasteiger partial charge in [0.1, 0.15) is 0 Å². The number of halogens is 1. The Labute approximate surface area is 144 Å². The maximum atomic E-state index is 11.9. The summed E-state index contributed by atoms with van der Waals surface area (Å²) in [5, 5.41) is 3.26. The monoisotopic (exact) mass is 415 g/mol. The van der Waals surface area contributed by atoms with Crippen molar-refractivity contribution in [3.05, 3.63) is 12.7 Å². The van der Waals surface area contributed by atoms with Crippen LogP contribution < -0.4 is 5.32 Å². The molecular formula is C14H30IN3OS. The van der Waals surface area contributed by atoms with Gasteiger partial charge < -0.3 is 10.2 Å². The lowest BCUT2D eigenvalue weighted by atomic mass is 10.3. The van der Waals surface area contributed by atoms with Crippen LogP contribution in [0.25, 0.3) is 0 Å². The number of guanidine groups is 1. The molecule has 0 aromatic heterocycles. The summed E-state index contributed by atoms with van der Waals surface area (Å²) >= 11 is 0. The second kappa shape index (κ2) is 11.5. The second-order valence-corrected chi connectivity index (χ2v) is 7.81. The molecule has 0 saturated heterocycles. The highest BCUT2D eigenvalue weighted by Gasteiger charge is 2.18. The number of nitrogens with zero attached hydrogens (tertiary/aromatic N) is 2. The number of hydrogen-bond donors (Lipinski definition) is 1. The Kier molecular flexibility index (Phi) is 12.8. The molecule has 4 nitrogen and oxygen atoms in total. The molecule has 0 aliphatic heterocycles. The van der Waals surface area contributed by atoms with Gasteiger partial charge in [-0.25, -0.2) is 0 Å². The molecule has 0 aromatic carbocycles. The molecule has 20 heavy (non-hydrogen) atoms. The first-order valence-electron chi connectivity index (χ1n) is 6.74. The van der Waals surface area contributed by atoms with E-state index in [-0.39, 0.29) is 28.7 Å². The van der Waals surface area contributed by atoms with Crippen LogP contribution in [0.2, 0.25) is 0 Å².